The Hall–Kier alpha value is -2.21. The van der Waals surface area contributed by atoms with Crippen LogP contribution in [0.25, 0.3) is 0 Å². The Bertz CT molecular complexity index is 751. The molecule has 0 unspecified atom stereocenters. The van der Waals surface area contributed by atoms with Crippen molar-refractivity contribution in [2.45, 2.75) is 45.6 Å². The molecule has 1 aromatic heterocycles. The van der Waals surface area contributed by atoms with Crippen LogP contribution in [0.4, 0.5) is 5.69 Å². The second-order valence-electron chi connectivity index (χ2n) is 6.43. The van der Waals surface area contributed by atoms with Gasteiger partial charge in [-0.2, -0.15) is 0 Å². The molecule has 0 aliphatic heterocycles. The summed E-state index contributed by atoms with van der Waals surface area (Å²) in [7, 11) is 0. The molecule has 6 heteroatoms. The molecule has 2 N–H and O–H groups in total. The molecule has 1 aromatic carbocycles. The van der Waals surface area contributed by atoms with Crippen LogP contribution in [0.15, 0.2) is 30.5 Å². The number of rotatable bonds is 5. The van der Waals surface area contributed by atoms with E-state index in [9.17, 15) is 9.59 Å². The largest absolute Gasteiger partial charge is 0.347 e. The van der Waals surface area contributed by atoms with Crippen molar-refractivity contribution >= 4 is 28.8 Å². The van der Waals surface area contributed by atoms with Gasteiger partial charge in [0, 0.05) is 28.2 Å². The Morgan fingerprint density at radius 3 is 2.76 bits per heavy atom. The van der Waals surface area contributed by atoms with Gasteiger partial charge in [0.1, 0.15) is 0 Å². The summed E-state index contributed by atoms with van der Waals surface area (Å²) >= 11 is 1.57. The zero-order chi connectivity index (χ0) is 17.6. The van der Waals surface area contributed by atoms with E-state index in [0.717, 1.165) is 35.6 Å². The summed E-state index contributed by atoms with van der Waals surface area (Å²) in [4.78, 5) is 29.9. The van der Waals surface area contributed by atoms with E-state index in [1.807, 2.05) is 13.0 Å². The number of hydrogen-bond donors (Lipinski definition) is 2. The molecule has 1 saturated carbocycles. The van der Waals surface area contributed by atoms with Gasteiger partial charge in [0.25, 0.3) is 5.91 Å². The van der Waals surface area contributed by atoms with Crippen LogP contribution < -0.4 is 10.6 Å². The number of amides is 2. The number of carbonyl (C=O) groups is 2. The predicted octanol–water partition coefficient (Wildman–Crippen LogP) is 3.90. The minimum Gasteiger partial charge on any atom is -0.347 e. The average molecular weight is 357 g/mol. The minimum atomic E-state index is -0.153. The Morgan fingerprint density at radius 1 is 1.24 bits per heavy atom. The number of aromatic nitrogens is 1. The number of nitrogens with one attached hydrogen (secondary N) is 2. The third-order valence-electron chi connectivity index (χ3n) is 4.46. The topological polar surface area (TPSA) is 71.1 Å². The van der Waals surface area contributed by atoms with Crippen LogP contribution in [0.5, 0.6) is 0 Å². The van der Waals surface area contributed by atoms with Crippen LogP contribution in [0.3, 0.4) is 0 Å². The fraction of sp³-hybridized carbons (Fsp3) is 0.421. The number of hydrogen-bond acceptors (Lipinski definition) is 4. The van der Waals surface area contributed by atoms with Crippen LogP contribution in [0.2, 0.25) is 0 Å². The number of carbonyl (C=O) groups excluding carboxylic acids is 2. The van der Waals surface area contributed by atoms with Crippen LogP contribution in [0, 0.1) is 12.8 Å². The average Bonchev–Trinajstić information content (AvgIpc) is 3.06. The summed E-state index contributed by atoms with van der Waals surface area (Å²) in [6, 6.07) is 7.10. The van der Waals surface area contributed by atoms with E-state index in [4.69, 9.17) is 0 Å². The Kier molecular flexibility index (Phi) is 5.81. The van der Waals surface area contributed by atoms with Crippen LogP contribution in [-0.2, 0) is 11.3 Å². The van der Waals surface area contributed by atoms with E-state index in [-0.39, 0.29) is 17.7 Å². The van der Waals surface area contributed by atoms with Crippen molar-refractivity contribution in [1.82, 2.24) is 10.3 Å². The fourth-order valence-electron chi connectivity index (χ4n) is 3.10. The summed E-state index contributed by atoms with van der Waals surface area (Å²) in [5.41, 5.74) is 1.22. The standard InChI is InChI=1S/C19H23N3O2S/c1-13-20-11-17(25-13)12-21-18(23)15-8-5-9-16(10-15)22-19(24)14-6-3-2-4-7-14/h5,8-11,14H,2-4,6-7,12H2,1H3,(H,21,23)(H,22,24). The summed E-state index contributed by atoms with van der Waals surface area (Å²) in [5, 5.41) is 6.83. The monoisotopic (exact) mass is 357 g/mol. The summed E-state index contributed by atoms with van der Waals surface area (Å²) in [6.45, 7) is 2.40. The maximum absolute atomic E-state index is 12.3. The number of nitrogens with zero attached hydrogens (tertiary/aromatic N) is 1. The van der Waals surface area contributed by atoms with E-state index in [0.29, 0.717) is 17.8 Å². The molecule has 1 heterocycles. The fourth-order valence-corrected chi connectivity index (χ4v) is 3.84. The lowest BCUT2D eigenvalue weighted by Crippen LogP contribution is -2.25. The highest BCUT2D eigenvalue weighted by Crippen LogP contribution is 2.25. The van der Waals surface area contributed by atoms with Gasteiger partial charge in [0.05, 0.1) is 11.6 Å². The molecule has 132 valence electrons. The van der Waals surface area contributed by atoms with Crippen molar-refractivity contribution in [1.29, 1.82) is 0 Å². The van der Waals surface area contributed by atoms with Gasteiger partial charge in [-0.25, -0.2) is 4.98 Å². The first kappa shape index (κ1) is 17.6. The summed E-state index contributed by atoms with van der Waals surface area (Å²) < 4.78 is 0. The lowest BCUT2D eigenvalue weighted by atomic mass is 9.88. The number of benzene rings is 1. The van der Waals surface area contributed by atoms with Gasteiger partial charge in [-0.3, -0.25) is 9.59 Å². The number of anilines is 1. The molecule has 25 heavy (non-hydrogen) atoms. The van der Waals surface area contributed by atoms with E-state index >= 15 is 0 Å². The molecule has 0 spiro atoms. The molecule has 0 atom stereocenters. The highest BCUT2D eigenvalue weighted by atomic mass is 32.1. The Balaban J connectivity index is 1.58. The first-order valence-electron chi connectivity index (χ1n) is 8.72. The number of thiazole rings is 1. The molecule has 2 amide bonds. The van der Waals surface area contributed by atoms with E-state index in [1.165, 1.54) is 6.42 Å². The Morgan fingerprint density at radius 2 is 2.04 bits per heavy atom. The SMILES string of the molecule is Cc1ncc(CNC(=O)c2cccc(NC(=O)C3CCCCC3)c2)s1. The second-order valence-corrected chi connectivity index (χ2v) is 7.75. The molecule has 0 saturated heterocycles. The van der Waals surface area contributed by atoms with E-state index < -0.39 is 0 Å². The third-order valence-corrected chi connectivity index (χ3v) is 5.37. The normalized spacial score (nSPS) is 14.9. The van der Waals surface area contributed by atoms with Gasteiger partial charge < -0.3 is 10.6 Å². The Labute approximate surface area is 151 Å². The highest BCUT2D eigenvalue weighted by Gasteiger charge is 2.21. The molecule has 5 nitrogen and oxygen atoms in total. The maximum Gasteiger partial charge on any atom is 0.251 e. The number of aryl methyl sites for hydroxylation is 1. The van der Waals surface area contributed by atoms with Crippen molar-refractivity contribution in [3.05, 3.63) is 45.9 Å². The molecular weight excluding hydrogens is 334 g/mol. The molecule has 1 aliphatic carbocycles. The summed E-state index contributed by atoms with van der Waals surface area (Å²) in [6.07, 6.45) is 7.16. The van der Waals surface area contributed by atoms with Gasteiger partial charge in [0.2, 0.25) is 5.91 Å². The van der Waals surface area contributed by atoms with E-state index in [1.54, 1.807) is 35.7 Å². The molecule has 0 radical (unpaired) electrons. The second kappa shape index (κ2) is 8.25. The van der Waals surface area contributed by atoms with Gasteiger partial charge in [-0.15, -0.1) is 11.3 Å². The van der Waals surface area contributed by atoms with Gasteiger partial charge in [-0.05, 0) is 38.0 Å². The van der Waals surface area contributed by atoms with Gasteiger partial charge >= 0.3 is 0 Å². The predicted molar refractivity (Wildman–Crippen MR) is 99.7 cm³/mol. The molecule has 1 aliphatic rings. The zero-order valence-electron chi connectivity index (χ0n) is 14.4. The lowest BCUT2D eigenvalue weighted by Gasteiger charge is -2.20. The first-order valence-corrected chi connectivity index (χ1v) is 9.54. The minimum absolute atomic E-state index is 0.0670. The smallest absolute Gasteiger partial charge is 0.251 e. The van der Waals surface area contributed by atoms with Crippen LogP contribution in [-0.4, -0.2) is 16.8 Å². The third kappa shape index (κ3) is 4.89. The maximum atomic E-state index is 12.3. The molecule has 0 bridgehead atoms. The molecular formula is C19H23N3O2S. The van der Waals surface area contributed by atoms with Crippen molar-refractivity contribution in [2.75, 3.05) is 5.32 Å². The van der Waals surface area contributed by atoms with Gasteiger partial charge in [-0.1, -0.05) is 25.3 Å². The van der Waals surface area contributed by atoms with Crippen molar-refractivity contribution in [2.24, 2.45) is 5.92 Å². The van der Waals surface area contributed by atoms with Crippen LogP contribution in [0.1, 0.15) is 52.3 Å². The lowest BCUT2D eigenvalue weighted by molar-refractivity contribution is -0.120. The van der Waals surface area contributed by atoms with Crippen molar-refractivity contribution in [3.63, 3.8) is 0 Å². The zero-order valence-corrected chi connectivity index (χ0v) is 15.2. The highest BCUT2D eigenvalue weighted by molar-refractivity contribution is 7.11. The molecule has 1 fully saturated rings. The van der Waals surface area contributed by atoms with Gasteiger partial charge in [0.15, 0.2) is 0 Å². The summed E-state index contributed by atoms with van der Waals surface area (Å²) in [5.74, 6) is 0.0120. The van der Waals surface area contributed by atoms with Crippen molar-refractivity contribution < 1.29 is 9.59 Å². The van der Waals surface area contributed by atoms with Crippen LogP contribution >= 0.6 is 11.3 Å². The molecule has 3 rings (SSSR count). The first-order chi connectivity index (χ1) is 12.1. The quantitative estimate of drug-likeness (QED) is 0.852. The van der Waals surface area contributed by atoms with E-state index in [2.05, 4.69) is 15.6 Å². The molecule has 2 aromatic rings. The van der Waals surface area contributed by atoms with Crippen molar-refractivity contribution in [3.8, 4) is 0 Å².